The van der Waals surface area contributed by atoms with Crippen LogP contribution in [0.5, 0.6) is 0 Å². The summed E-state index contributed by atoms with van der Waals surface area (Å²) in [5, 5.41) is 0. The van der Waals surface area contributed by atoms with Crippen LogP contribution in [0.1, 0.15) is 0 Å². The maximum atomic E-state index is 0. The van der Waals surface area contributed by atoms with Gasteiger partial charge in [-0.3, -0.25) is 0 Å². The maximum absolute atomic E-state index is 0. The van der Waals surface area contributed by atoms with Crippen LogP contribution in [0.15, 0.2) is 0 Å². The fourth-order valence-corrected chi connectivity index (χ4v) is 0. The summed E-state index contributed by atoms with van der Waals surface area (Å²) in [6.07, 6.45) is 0. The van der Waals surface area contributed by atoms with E-state index < -0.39 is 0 Å². The van der Waals surface area contributed by atoms with E-state index in [0.717, 1.165) is 0 Å². The van der Waals surface area contributed by atoms with E-state index in [1.807, 2.05) is 0 Å². The van der Waals surface area contributed by atoms with E-state index in [2.05, 4.69) is 0 Å². The van der Waals surface area contributed by atoms with E-state index >= 15 is 0 Å². The third kappa shape index (κ3) is 8.86. The van der Waals surface area contributed by atoms with Gasteiger partial charge in [0.05, 0.1) is 0 Å². The van der Waals surface area contributed by atoms with Gasteiger partial charge >= 0.3 is 87.9 Å². The number of hydrogen-bond donors (Lipinski definition) is 0. The molecule has 0 aromatic rings. The topological polar surface area (TPSA) is 28.5 Å². The molecule has 0 heterocycles. The summed E-state index contributed by atoms with van der Waals surface area (Å²) in [5.41, 5.74) is 0. The first-order chi connectivity index (χ1) is 0. The van der Waals surface area contributed by atoms with Crippen LogP contribution in [0.4, 0.5) is 0 Å². The van der Waals surface area contributed by atoms with Crippen molar-refractivity contribution >= 4 is 0 Å². The van der Waals surface area contributed by atoms with E-state index in [9.17, 15) is 0 Å². The molecule has 0 aromatic carbocycles. The summed E-state index contributed by atoms with van der Waals surface area (Å²) >= 11 is 0. The van der Waals surface area contributed by atoms with E-state index in [-0.39, 0.29) is 93.3 Å². The van der Waals surface area contributed by atoms with Gasteiger partial charge < -0.3 is 5.48 Å². The SMILES string of the molecule is [Gd+3].[O-2].[Ti+4].[Zr+4]. The fourth-order valence-electron chi connectivity index (χ4n) is 0. The molecule has 0 saturated carbocycles. The largest absolute Gasteiger partial charge is 4.00 e. The zero-order valence-electron chi connectivity index (χ0n) is 1.76. The standard InChI is InChI=1S/Gd.O.Ti.Zr/q+3;-2;2*+4. The van der Waals surface area contributed by atoms with Gasteiger partial charge in [0.15, 0.2) is 0 Å². The van der Waals surface area contributed by atoms with E-state index in [0.29, 0.717) is 0 Å². The first-order valence-corrected chi connectivity index (χ1v) is 0. The molecule has 0 aliphatic heterocycles. The van der Waals surface area contributed by atoms with Crippen LogP contribution in [0.2, 0.25) is 0 Å². The van der Waals surface area contributed by atoms with Crippen molar-refractivity contribution in [3.8, 4) is 0 Å². The predicted molar refractivity (Wildman–Crippen MR) is 0.686 cm³/mol. The molecule has 0 aromatic heterocycles. The Bertz CT molecular complexity index is 8.00. The van der Waals surface area contributed by atoms with Gasteiger partial charge in [-0.1, -0.05) is 0 Å². The molecule has 4 heavy (non-hydrogen) atoms. The zero-order chi connectivity index (χ0) is 0. The molecule has 0 bridgehead atoms. The second-order valence-electron chi connectivity index (χ2n) is 0. The van der Waals surface area contributed by atoms with Crippen molar-refractivity contribution in [1.82, 2.24) is 0 Å². The van der Waals surface area contributed by atoms with E-state index in [1.165, 1.54) is 0 Å². The van der Waals surface area contributed by atoms with Gasteiger partial charge in [-0.25, -0.2) is 0 Å². The van der Waals surface area contributed by atoms with Crippen LogP contribution < -0.4 is 0 Å². The molecular weight excluding hydrogens is 312 g/mol. The molecule has 13 valence electrons. The molecule has 0 N–H and O–H groups in total. The predicted octanol–water partition coefficient (Wildman–Crippen LogP) is -0.124. The Hall–Kier alpha value is 2.88. The second kappa shape index (κ2) is 16.9. The molecule has 1 radical (unpaired) electrons. The maximum Gasteiger partial charge on any atom is 4.00 e. The summed E-state index contributed by atoms with van der Waals surface area (Å²) in [6, 6.07) is 0. The Morgan fingerprint density at radius 1 is 1.00 bits per heavy atom. The summed E-state index contributed by atoms with van der Waals surface area (Å²) in [4.78, 5) is 0. The smallest absolute Gasteiger partial charge is 2.00 e. The molecule has 0 amide bonds. The van der Waals surface area contributed by atoms with Gasteiger partial charge in [0.2, 0.25) is 0 Å². The van der Waals surface area contributed by atoms with Crippen LogP contribution in [0, 0.1) is 39.9 Å². The first-order valence-electron chi connectivity index (χ1n) is 0. The van der Waals surface area contributed by atoms with Crippen LogP contribution in [-0.2, 0) is 53.4 Å². The van der Waals surface area contributed by atoms with Gasteiger partial charge in [0.1, 0.15) is 0 Å². The summed E-state index contributed by atoms with van der Waals surface area (Å²) in [5.74, 6) is 0. The van der Waals surface area contributed by atoms with Crippen LogP contribution >= 0.6 is 0 Å². The average Bonchev–Trinajstić information content (AvgIpc) is 0. The fraction of sp³-hybridized carbons (Fsp3) is 0. The minimum absolute atomic E-state index is 0. The molecule has 0 aliphatic carbocycles. The van der Waals surface area contributed by atoms with Gasteiger partial charge in [-0.2, -0.15) is 0 Å². The van der Waals surface area contributed by atoms with Gasteiger partial charge in [-0.15, -0.1) is 0 Å². The van der Waals surface area contributed by atoms with Crippen molar-refractivity contribution in [2.45, 2.75) is 0 Å². The molecule has 0 rings (SSSR count). The first kappa shape index (κ1) is 28.7. The summed E-state index contributed by atoms with van der Waals surface area (Å²) < 4.78 is 0. The Labute approximate surface area is 91.3 Å². The van der Waals surface area contributed by atoms with Gasteiger partial charge in [-0.05, 0) is 0 Å². The average molecular weight is 312 g/mol. The normalized spacial score (nSPS) is 0. The Morgan fingerprint density at radius 2 is 1.00 bits per heavy atom. The van der Waals surface area contributed by atoms with Gasteiger partial charge in [0, 0.05) is 0 Å². The quantitative estimate of drug-likeness (QED) is 0.558. The minimum Gasteiger partial charge on any atom is -2.00 e. The van der Waals surface area contributed by atoms with Crippen molar-refractivity contribution in [2.24, 2.45) is 0 Å². The molecular formula is GdOTiZr+9. The van der Waals surface area contributed by atoms with Gasteiger partial charge in [0.25, 0.3) is 0 Å². The van der Waals surface area contributed by atoms with Crippen LogP contribution in [0.25, 0.3) is 0 Å². The molecule has 0 fully saturated rings. The Balaban J connectivity index is 0. The third-order valence-electron chi connectivity index (χ3n) is 0. The summed E-state index contributed by atoms with van der Waals surface area (Å²) in [7, 11) is 0. The molecule has 1 nitrogen and oxygen atoms in total. The molecule has 0 unspecified atom stereocenters. The number of rotatable bonds is 0. The molecule has 0 aliphatic rings. The van der Waals surface area contributed by atoms with Crippen LogP contribution in [0.3, 0.4) is 0 Å². The van der Waals surface area contributed by atoms with Crippen molar-refractivity contribution in [2.75, 3.05) is 0 Å². The van der Waals surface area contributed by atoms with Crippen LogP contribution in [-0.4, -0.2) is 0 Å². The minimum atomic E-state index is 0. The molecule has 4 heteroatoms. The summed E-state index contributed by atoms with van der Waals surface area (Å²) in [6.45, 7) is 0. The van der Waals surface area contributed by atoms with Crippen molar-refractivity contribution in [3.05, 3.63) is 0 Å². The van der Waals surface area contributed by atoms with Crippen molar-refractivity contribution in [3.63, 3.8) is 0 Å². The monoisotopic (exact) mass is 312 g/mol. The van der Waals surface area contributed by atoms with E-state index in [4.69, 9.17) is 0 Å². The van der Waals surface area contributed by atoms with E-state index in [1.54, 1.807) is 0 Å². The third-order valence-corrected chi connectivity index (χ3v) is 0. The van der Waals surface area contributed by atoms with Crippen molar-refractivity contribution < 1.29 is 93.3 Å². The van der Waals surface area contributed by atoms with Crippen molar-refractivity contribution in [1.29, 1.82) is 0 Å². The molecule has 0 saturated heterocycles. The zero-order valence-corrected chi connectivity index (χ0v) is 8.05. The Morgan fingerprint density at radius 3 is 1.00 bits per heavy atom. The molecule has 0 spiro atoms. The Kier molecular flexibility index (Phi) is 121. The number of hydrogen-bond acceptors (Lipinski definition) is 0. The second-order valence-corrected chi connectivity index (χ2v) is 0. The molecule has 0 atom stereocenters.